The molecule has 5 heterocycles. The number of nitrogens with zero attached hydrogens (tertiary/aromatic N) is 5. The summed E-state index contributed by atoms with van der Waals surface area (Å²) in [5, 5.41) is 4.21. The van der Waals surface area contributed by atoms with Gasteiger partial charge in [0.05, 0.1) is 36.5 Å². The van der Waals surface area contributed by atoms with Crippen LogP contribution in [0.25, 0.3) is 5.65 Å². The molecule has 3 fully saturated rings. The summed E-state index contributed by atoms with van der Waals surface area (Å²) in [6.07, 6.45) is 4.27. The highest BCUT2D eigenvalue weighted by Crippen LogP contribution is 2.45. The summed E-state index contributed by atoms with van der Waals surface area (Å²) in [7, 11) is 0. The van der Waals surface area contributed by atoms with Crippen LogP contribution in [0.2, 0.25) is 0 Å². The van der Waals surface area contributed by atoms with E-state index < -0.39 is 5.72 Å². The Hall–Kier alpha value is -2.48. The molecule has 3 saturated heterocycles. The van der Waals surface area contributed by atoms with Gasteiger partial charge in [0.1, 0.15) is 0 Å². The van der Waals surface area contributed by atoms with Crippen LogP contribution in [0, 0.1) is 6.92 Å². The van der Waals surface area contributed by atoms with E-state index >= 15 is 0 Å². The zero-order chi connectivity index (χ0) is 16.5. The lowest BCUT2D eigenvalue weighted by atomic mass is 10.1. The van der Waals surface area contributed by atoms with E-state index in [1.165, 1.54) is 0 Å². The molecule has 2 aromatic rings. The van der Waals surface area contributed by atoms with E-state index in [4.69, 9.17) is 4.74 Å². The third kappa shape index (κ3) is 1.56. The van der Waals surface area contributed by atoms with Gasteiger partial charge in [0.15, 0.2) is 11.4 Å². The minimum absolute atomic E-state index is 0.0763. The highest BCUT2D eigenvalue weighted by Gasteiger charge is 2.63. The molecule has 1 spiro atoms. The molecular formula is C16H17N5O3. The number of carbonyl (C=O) groups excluding carboxylic acids is 2. The van der Waals surface area contributed by atoms with Crippen molar-refractivity contribution in [3.8, 4) is 0 Å². The van der Waals surface area contributed by atoms with Crippen molar-refractivity contribution in [3.05, 3.63) is 29.7 Å². The second-order valence-corrected chi connectivity index (χ2v) is 6.57. The van der Waals surface area contributed by atoms with Gasteiger partial charge < -0.3 is 14.5 Å². The average Bonchev–Trinajstić information content (AvgIpc) is 3.30. The SMILES string of the molecule is Cc1c(C(=O)N2CC[C@@]34OCCN3C(=O)C[C@@H]24)cnc2ccnn12. The van der Waals surface area contributed by atoms with Crippen molar-refractivity contribution >= 4 is 17.5 Å². The van der Waals surface area contributed by atoms with Crippen LogP contribution in [0.5, 0.6) is 0 Å². The zero-order valence-electron chi connectivity index (χ0n) is 13.3. The Bertz CT molecular complexity index is 878. The van der Waals surface area contributed by atoms with Crippen LogP contribution in [-0.4, -0.2) is 67.7 Å². The Morgan fingerprint density at radius 3 is 3.17 bits per heavy atom. The third-order valence-corrected chi connectivity index (χ3v) is 5.55. The van der Waals surface area contributed by atoms with Crippen molar-refractivity contribution < 1.29 is 14.3 Å². The molecule has 8 heteroatoms. The molecule has 0 radical (unpaired) electrons. The van der Waals surface area contributed by atoms with Crippen LogP contribution in [0.1, 0.15) is 28.9 Å². The van der Waals surface area contributed by atoms with Crippen molar-refractivity contribution in [2.24, 2.45) is 0 Å². The predicted molar refractivity (Wildman–Crippen MR) is 82.2 cm³/mol. The fourth-order valence-electron chi connectivity index (χ4n) is 4.39. The smallest absolute Gasteiger partial charge is 0.257 e. The van der Waals surface area contributed by atoms with Crippen molar-refractivity contribution in [1.82, 2.24) is 24.4 Å². The minimum atomic E-state index is -0.607. The van der Waals surface area contributed by atoms with Crippen molar-refractivity contribution in [2.75, 3.05) is 19.7 Å². The van der Waals surface area contributed by atoms with Gasteiger partial charge >= 0.3 is 0 Å². The number of ether oxygens (including phenoxy) is 1. The Morgan fingerprint density at radius 1 is 1.42 bits per heavy atom. The lowest BCUT2D eigenvalue weighted by Gasteiger charge is -2.31. The Kier molecular flexibility index (Phi) is 2.63. The van der Waals surface area contributed by atoms with Crippen LogP contribution in [-0.2, 0) is 9.53 Å². The van der Waals surface area contributed by atoms with E-state index in [1.54, 1.807) is 27.9 Å². The van der Waals surface area contributed by atoms with Crippen LogP contribution in [0.15, 0.2) is 18.5 Å². The van der Waals surface area contributed by atoms with E-state index in [9.17, 15) is 9.59 Å². The van der Waals surface area contributed by atoms with Crippen molar-refractivity contribution in [3.63, 3.8) is 0 Å². The van der Waals surface area contributed by atoms with Crippen LogP contribution >= 0.6 is 0 Å². The number of fused-ring (bicyclic) bond motifs is 1. The lowest BCUT2D eigenvalue weighted by Crippen LogP contribution is -2.48. The van der Waals surface area contributed by atoms with Crippen LogP contribution < -0.4 is 0 Å². The molecule has 5 rings (SSSR count). The second kappa shape index (κ2) is 4.54. The van der Waals surface area contributed by atoms with Crippen LogP contribution in [0.3, 0.4) is 0 Å². The van der Waals surface area contributed by atoms with E-state index in [-0.39, 0.29) is 17.9 Å². The van der Waals surface area contributed by atoms with Gasteiger partial charge in [-0.3, -0.25) is 9.59 Å². The van der Waals surface area contributed by atoms with E-state index in [1.807, 2.05) is 11.8 Å². The fraction of sp³-hybridized carbons (Fsp3) is 0.500. The quantitative estimate of drug-likeness (QED) is 0.748. The molecule has 0 N–H and O–H groups in total. The summed E-state index contributed by atoms with van der Waals surface area (Å²) in [6.45, 7) is 3.62. The summed E-state index contributed by atoms with van der Waals surface area (Å²) >= 11 is 0. The molecule has 0 aromatic carbocycles. The van der Waals surface area contributed by atoms with Gasteiger partial charge in [0.2, 0.25) is 5.91 Å². The number of hydrogen-bond donors (Lipinski definition) is 0. The van der Waals surface area contributed by atoms with Gasteiger partial charge in [0.25, 0.3) is 5.91 Å². The molecule has 3 aliphatic heterocycles. The molecule has 8 nitrogen and oxygen atoms in total. The van der Waals surface area contributed by atoms with Crippen LogP contribution in [0.4, 0.5) is 0 Å². The van der Waals surface area contributed by atoms with E-state index in [0.717, 1.165) is 5.69 Å². The first kappa shape index (κ1) is 13.9. The van der Waals surface area contributed by atoms with E-state index in [2.05, 4.69) is 10.1 Å². The summed E-state index contributed by atoms with van der Waals surface area (Å²) in [5.41, 5.74) is 1.38. The largest absolute Gasteiger partial charge is 0.351 e. The number of amides is 2. The summed E-state index contributed by atoms with van der Waals surface area (Å²) in [4.78, 5) is 33.3. The molecule has 3 aliphatic rings. The molecule has 0 unspecified atom stereocenters. The topological polar surface area (TPSA) is 80.0 Å². The molecule has 2 amide bonds. The summed E-state index contributed by atoms with van der Waals surface area (Å²) in [6, 6.07) is 1.58. The van der Waals surface area contributed by atoms with Gasteiger partial charge in [-0.05, 0) is 6.92 Å². The molecule has 0 bridgehead atoms. The molecule has 124 valence electrons. The number of hydrogen-bond acceptors (Lipinski definition) is 5. The number of aromatic nitrogens is 3. The highest BCUT2D eigenvalue weighted by molar-refractivity contribution is 5.96. The molecule has 2 aromatic heterocycles. The normalized spacial score (nSPS) is 28.7. The fourth-order valence-corrected chi connectivity index (χ4v) is 4.39. The van der Waals surface area contributed by atoms with E-state index in [0.29, 0.717) is 43.7 Å². The van der Waals surface area contributed by atoms with Crippen molar-refractivity contribution in [1.29, 1.82) is 0 Å². The Morgan fingerprint density at radius 2 is 2.29 bits per heavy atom. The summed E-state index contributed by atoms with van der Waals surface area (Å²) in [5.74, 6) is -0.0307. The first-order chi connectivity index (χ1) is 11.6. The molecule has 24 heavy (non-hydrogen) atoms. The first-order valence-corrected chi connectivity index (χ1v) is 8.16. The molecule has 0 aliphatic carbocycles. The van der Waals surface area contributed by atoms with Gasteiger partial charge in [0, 0.05) is 31.8 Å². The van der Waals surface area contributed by atoms with Gasteiger partial charge in [-0.15, -0.1) is 0 Å². The lowest BCUT2D eigenvalue weighted by molar-refractivity contribution is -0.136. The molecule has 0 saturated carbocycles. The monoisotopic (exact) mass is 327 g/mol. The standard InChI is InChI=1S/C16H17N5O3/c1-10-11(9-17-13-2-4-18-21(10)13)15(23)19-5-3-16-12(19)8-14(22)20(16)6-7-24-16/h2,4,9,12H,3,5-8H2,1H3/t12-,16+/m1/s1. The predicted octanol–water partition coefficient (Wildman–Crippen LogP) is 0.211. The molecular weight excluding hydrogens is 310 g/mol. The van der Waals surface area contributed by atoms with Crippen molar-refractivity contribution in [2.45, 2.75) is 31.5 Å². The Balaban J connectivity index is 1.53. The third-order valence-electron chi connectivity index (χ3n) is 5.55. The number of aryl methyl sites for hydroxylation is 1. The maximum atomic E-state index is 13.1. The van der Waals surface area contributed by atoms with Gasteiger partial charge in [-0.1, -0.05) is 0 Å². The number of carbonyl (C=O) groups is 2. The summed E-state index contributed by atoms with van der Waals surface area (Å²) < 4.78 is 7.61. The second-order valence-electron chi connectivity index (χ2n) is 6.57. The maximum absolute atomic E-state index is 13.1. The van der Waals surface area contributed by atoms with Gasteiger partial charge in [-0.25, -0.2) is 9.50 Å². The average molecular weight is 327 g/mol. The molecule has 2 atom stereocenters. The number of rotatable bonds is 1. The highest BCUT2D eigenvalue weighted by atomic mass is 16.5. The number of likely N-dealkylation sites (tertiary alicyclic amines) is 1. The van der Waals surface area contributed by atoms with Gasteiger partial charge in [-0.2, -0.15) is 5.10 Å². The zero-order valence-corrected chi connectivity index (χ0v) is 13.3. The Labute approximate surface area is 138 Å². The maximum Gasteiger partial charge on any atom is 0.257 e. The first-order valence-electron chi connectivity index (χ1n) is 8.16. The minimum Gasteiger partial charge on any atom is -0.351 e.